The molecule has 0 bridgehead atoms. The van der Waals surface area contributed by atoms with Crippen LogP contribution >= 0.6 is 11.3 Å². The van der Waals surface area contributed by atoms with E-state index in [9.17, 15) is 0 Å². The average Bonchev–Trinajstić information content (AvgIpc) is 3.77. The second kappa shape index (κ2) is 8.93. The summed E-state index contributed by atoms with van der Waals surface area (Å²) in [6.45, 7) is 0. The normalized spacial score (nSPS) is 12.1. The van der Waals surface area contributed by atoms with E-state index in [1.807, 2.05) is 24.3 Å². The monoisotopic (exact) mass is 578 g/mol. The van der Waals surface area contributed by atoms with Crippen molar-refractivity contribution in [3.05, 3.63) is 133 Å². The first-order valence-corrected chi connectivity index (χ1v) is 15.5. The Morgan fingerprint density at radius 2 is 1.18 bits per heavy atom. The van der Waals surface area contributed by atoms with E-state index < -0.39 is 0 Å². The lowest BCUT2D eigenvalue weighted by Crippen LogP contribution is -1.95. The molecule has 0 spiro atoms. The molecule has 5 heteroatoms. The smallest absolute Gasteiger partial charge is 0.160 e. The fourth-order valence-electron chi connectivity index (χ4n) is 6.81. The van der Waals surface area contributed by atoms with Crippen LogP contribution in [0.3, 0.4) is 0 Å². The van der Waals surface area contributed by atoms with Crippen molar-refractivity contribution in [2.24, 2.45) is 0 Å². The Kier molecular flexibility index (Phi) is 4.84. The number of thiazole rings is 1. The van der Waals surface area contributed by atoms with Crippen LogP contribution in [-0.2, 0) is 0 Å². The number of nitrogens with zero attached hydrogens (tertiary/aromatic N) is 4. The second-order valence-electron chi connectivity index (χ2n) is 11.2. The average molecular weight is 579 g/mol. The summed E-state index contributed by atoms with van der Waals surface area (Å²) in [6.07, 6.45) is 0. The number of aromatic nitrogens is 4. The van der Waals surface area contributed by atoms with Gasteiger partial charge in [-0.1, -0.05) is 103 Å². The Labute approximate surface area is 255 Å². The Morgan fingerprint density at radius 3 is 2.02 bits per heavy atom. The van der Waals surface area contributed by atoms with Gasteiger partial charge in [0, 0.05) is 43.6 Å². The number of fused-ring (bicyclic) bond motifs is 9. The summed E-state index contributed by atoms with van der Waals surface area (Å²) in [5.74, 6) is 0.733. The predicted molar refractivity (Wildman–Crippen MR) is 184 cm³/mol. The second-order valence-corrected chi connectivity index (χ2v) is 12.2. The maximum Gasteiger partial charge on any atom is 0.160 e. The predicted octanol–water partition coefficient (Wildman–Crippen LogP) is 10.4. The minimum absolute atomic E-state index is 0.733. The first kappa shape index (κ1) is 23.9. The fraction of sp³-hybridized carbons (Fsp3) is 0. The molecular formula is C39H22N4S. The van der Waals surface area contributed by atoms with Gasteiger partial charge in [0.25, 0.3) is 0 Å². The van der Waals surface area contributed by atoms with Gasteiger partial charge in [-0.15, -0.1) is 11.3 Å². The van der Waals surface area contributed by atoms with E-state index >= 15 is 0 Å². The quantitative estimate of drug-likeness (QED) is 0.209. The van der Waals surface area contributed by atoms with Crippen LogP contribution in [0.2, 0.25) is 0 Å². The van der Waals surface area contributed by atoms with Gasteiger partial charge in [-0.3, -0.25) is 0 Å². The van der Waals surface area contributed by atoms with Gasteiger partial charge in [0.15, 0.2) is 5.82 Å². The van der Waals surface area contributed by atoms with Crippen molar-refractivity contribution >= 4 is 70.6 Å². The van der Waals surface area contributed by atoms with E-state index in [1.54, 1.807) is 11.3 Å². The summed E-state index contributed by atoms with van der Waals surface area (Å²) in [7, 11) is 0. The van der Waals surface area contributed by atoms with Gasteiger partial charge in [0.2, 0.25) is 0 Å². The fourth-order valence-corrected chi connectivity index (χ4v) is 7.91. The van der Waals surface area contributed by atoms with Crippen LogP contribution in [-0.4, -0.2) is 19.4 Å². The van der Waals surface area contributed by atoms with Crippen LogP contribution in [0.4, 0.5) is 0 Å². The molecule has 0 amide bonds. The molecule has 10 rings (SSSR count). The molecule has 4 nitrogen and oxygen atoms in total. The lowest BCUT2D eigenvalue weighted by molar-refractivity contribution is 1.23. The molecule has 0 aliphatic heterocycles. The molecule has 0 aliphatic carbocycles. The SMILES string of the molecule is c1ccc(-c2nc(-c3ccc4c(c3)c3cc5nc(-c6ccccc6)sc5c5c6ccccc6n4c35)c3ccccc3n2)cc1. The van der Waals surface area contributed by atoms with E-state index in [1.165, 1.54) is 42.8 Å². The van der Waals surface area contributed by atoms with E-state index in [0.717, 1.165) is 49.6 Å². The minimum Gasteiger partial charge on any atom is -0.308 e. The summed E-state index contributed by atoms with van der Waals surface area (Å²) in [5, 5.41) is 7.06. The van der Waals surface area contributed by atoms with E-state index in [0.29, 0.717) is 0 Å². The molecule has 0 fully saturated rings. The molecule has 0 atom stereocenters. The molecule has 0 aliphatic rings. The number of para-hydroxylation sites is 2. The zero-order valence-electron chi connectivity index (χ0n) is 23.4. The van der Waals surface area contributed by atoms with Crippen molar-refractivity contribution in [1.82, 2.24) is 19.4 Å². The highest BCUT2D eigenvalue weighted by atomic mass is 32.1. The molecule has 0 N–H and O–H groups in total. The van der Waals surface area contributed by atoms with Gasteiger partial charge in [0.1, 0.15) is 5.01 Å². The highest BCUT2D eigenvalue weighted by molar-refractivity contribution is 7.22. The summed E-state index contributed by atoms with van der Waals surface area (Å²) < 4.78 is 3.67. The minimum atomic E-state index is 0.733. The lowest BCUT2D eigenvalue weighted by Gasteiger charge is -2.10. The van der Waals surface area contributed by atoms with Gasteiger partial charge in [-0.25, -0.2) is 15.0 Å². The highest BCUT2D eigenvalue weighted by Crippen LogP contribution is 2.46. The van der Waals surface area contributed by atoms with Gasteiger partial charge in [-0.2, -0.15) is 0 Å². The van der Waals surface area contributed by atoms with Crippen LogP contribution in [0, 0.1) is 0 Å². The van der Waals surface area contributed by atoms with Crippen molar-refractivity contribution in [3.8, 4) is 33.2 Å². The molecule has 44 heavy (non-hydrogen) atoms. The Balaban J connectivity index is 1.30. The van der Waals surface area contributed by atoms with E-state index in [-0.39, 0.29) is 0 Å². The number of rotatable bonds is 3. The molecule has 4 aromatic heterocycles. The largest absolute Gasteiger partial charge is 0.308 e. The highest BCUT2D eigenvalue weighted by Gasteiger charge is 2.23. The molecule has 0 saturated heterocycles. The van der Waals surface area contributed by atoms with Crippen molar-refractivity contribution in [2.45, 2.75) is 0 Å². The topological polar surface area (TPSA) is 43.1 Å². The van der Waals surface area contributed by atoms with Crippen LogP contribution in [0.15, 0.2) is 133 Å². The Hall–Kier alpha value is -5.65. The number of hydrogen-bond acceptors (Lipinski definition) is 4. The summed E-state index contributed by atoms with van der Waals surface area (Å²) >= 11 is 1.78. The third-order valence-electron chi connectivity index (χ3n) is 8.75. The molecule has 0 radical (unpaired) electrons. The van der Waals surface area contributed by atoms with Crippen LogP contribution in [0.1, 0.15) is 0 Å². The maximum absolute atomic E-state index is 5.18. The zero-order valence-corrected chi connectivity index (χ0v) is 24.2. The van der Waals surface area contributed by atoms with E-state index in [4.69, 9.17) is 15.0 Å². The molecule has 6 aromatic carbocycles. The van der Waals surface area contributed by atoms with Crippen molar-refractivity contribution in [3.63, 3.8) is 0 Å². The Bertz CT molecular complexity index is 2710. The van der Waals surface area contributed by atoms with Crippen molar-refractivity contribution in [2.75, 3.05) is 0 Å². The number of benzene rings is 6. The maximum atomic E-state index is 5.18. The van der Waals surface area contributed by atoms with Crippen LogP contribution < -0.4 is 0 Å². The molecule has 10 aromatic rings. The summed E-state index contributed by atoms with van der Waals surface area (Å²) in [6, 6.07) is 46.8. The zero-order chi connectivity index (χ0) is 28.8. The third kappa shape index (κ3) is 3.30. The van der Waals surface area contributed by atoms with Gasteiger partial charge in [-0.05, 0) is 30.3 Å². The molecule has 204 valence electrons. The molecule has 4 heterocycles. The lowest BCUT2D eigenvalue weighted by atomic mass is 10.0. The van der Waals surface area contributed by atoms with E-state index in [2.05, 4.69) is 114 Å². The summed E-state index contributed by atoms with van der Waals surface area (Å²) in [4.78, 5) is 15.3. The van der Waals surface area contributed by atoms with Crippen LogP contribution in [0.5, 0.6) is 0 Å². The van der Waals surface area contributed by atoms with Gasteiger partial charge in [0.05, 0.1) is 38.0 Å². The summed E-state index contributed by atoms with van der Waals surface area (Å²) in [5.41, 5.74) is 9.82. The molecule has 0 saturated carbocycles. The van der Waals surface area contributed by atoms with Gasteiger partial charge < -0.3 is 4.40 Å². The standard InChI is InChI=1S/C39H22N4S/c1-3-11-23(12-4-1)38-40-30-17-9-7-15-26(30)35(42-38)25-19-20-33-28(21-25)29-22-31-37(44-39(41-31)24-13-5-2-6-14-24)34-27-16-8-10-18-32(27)43(33)36(29)34/h1-22H. The first-order valence-electron chi connectivity index (χ1n) is 14.7. The van der Waals surface area contributed by atoms with Crippen molar-refractivity contribution < 1.29 is 0 Å². The van der Waals surface area contributed by atoms with Gasteiger partial charge >= 0.3 is 0 Å². The molecular weight excluding hydrogens is 557 g/mol. The van der Waals surface area contributed by atoms with Crippen molar-refractivity contribution in [1.29, 1.82) is 0 Å². The van der Waals surface area contributed by atoms with Crippen LogP contribution in [0.25, 0.3) is 92.4 Å². The molecule has 0 unspecified atom stereocenters. The Morgan fingerprint density at radius 1 is 0.477 bits per heavy atom. The third-order valence-corrected chi connectivity index (χ3v) is 9.89. The number of hydrogen-bond donors (Lipinski definition) is 0. The first-order chi connectivity index (χ1) is 21.8.